The number of piperidine rings is 1. The van der Waals surface area contributed by atoms with Crippen molar-refractivity contribution in [2.75, 3.05) is 26.2 Å². The molecule has 1 aromatic rings. The summed E-state index contributed by atoms with van der Waals surface area (Å²) >= 11 is 0. The van der Waals surface area contributed by atoms with E-state index < -0.39 is 0 Å². The second kappa shape index (κ2) is 6.68. The minimum Gasteiger partial charge on any atom is -0.368 e. The van der Waals surface area contributed by atoms with Crippen LogP contribution in [0.4, 0.5) is 0 Å². The minimum atomic E-state index is -0.245. The first-order valence-corrected chi connectivity index (χ1v) is 9.57. The molecule has 1 unspecified atom stereocenters. The van der Waals surface area contributed by atoms with Crippen LogP contribution in [-0.4, -0.2) is 59.1 Å². The Balaban J connectivity index is 1.37. The third kappa shape index (κ3) is 3.13. The van der Waals surface area contributed by atoms with Gasteiger partial charge in [0.2, 0.25) is 5.91 Å². The maximum absolute atomic E-state index is 12.6. The smallest absolute Gasteiger partial charge is 0.251 e. The molecule has 4 rings (SSSR count). The lowest BCUT2D eigenvalue weighted by Gasteiger charge is -2.39. The van der Waals surface area contributed by atoms with Gasteiger partial charge in [0.1, 0.15) is 11.9 Å². The van der Waals surface area contributed by atoms with E-state index in [1.54, 1.807) is 0 Å². The van der Waals surface area contributed by atoms with Crippen molar-refractivity contribution in [3.63, 3.8) is 0 Å². The Morgan fingerprint density at radius 2 is 2.08 bits per heavy atom. The number of hydrogen-bond acceptors (Lipinski definition) is 5. The maximum atomic E-state index is 12.6. The Kier molecular flexibility index (Phi) is 4.50. The van der Waals surface area contributed by atoms with Gasteiger partial charge in [0.15, 0.2) is 0 Å². The number of nitrogens with zero attached hydrogens (tertiary/aromatic N) is 3. The van der Waals surface area contributed by atoms with Gasteiger partial charge in [0.25, 0.3) is 5.91 Å². The fourth-order valence-corrected chi connectivity index (χ4v) is 4.56. The predicted octanol–water partition coefficient (Wildman–Crippen LogP) is 1.81. The number of aryl methyl sites for hydroxylation is 2. The fourth-order valence-electron chi connectivity index (χ4n) is 4.56. The van der Waals surface area contributed by atoms with Crippen LogP contribution < -0.4 is 0 Å². The zero-order valence-electron chi connectivity index (χ0n) is 15.6. The molecule has 3 aliphatic rings. The molecular weight excluding hydrogens is 334 g/mol. The van der Waals surface area contributed by atoms with Gasteiger partial charge in [-0.05, 0) is 39.5 Å². The van der Waals surface area contributed by atoms with Crippen LogP contribution in [0, 0.1) is 19.3 Å². The van der Waals surface area contributed by atoms with Crippen molar-refractivity contribution in [1.29, 1.82) is 0 Å². The Morgan fingerprint density at radius 3 is 2.69 bits per heavy atom. The molecule has 7 heteroatoms. The van der Waals surface area contributed by atoms with Crippen molar-refractivity contribution in [3.8, 4) is 0 Å². The molecule has 0 aromatic carbocycles. The zero-order chi connectivity index (χ0) is 18.3. The first kappa shape index (κ1) is 17.5. The van der Waals surface area contributed by atoms with Crippen LogP contribution >= 0.6 is 0 Å². The molecule has 1 aromatic heterocycles. The Bertz CT molecular complexity index is 680. The third-order valence-corrected chi connectivity index (χ3v) is 6.28. The first-order chi connectivity index (χ1) is 12.5. The van der Waals surface area contributed by atoms with Gasteiger partial charge in [-0.1, -0.05) is 5.16 Å². The second-order valence-electron chi connectivity index (χ2n) is 8.06. The normalized spacial score (nSPS) is 25.5. The fraction of sp³-hybridized carbons (Fsp3) is 0.737. The molecule has 0 radical (unpaired) electrons. The number of carbonyl (C=O) groups excluding carboxylic acids is 2. The highest BCUT2D eigenvalue weighted by Crippen LogP contribution is 2.42. The van der Waals surface area contributed by atoms with Crippen molar-refractivity contribution in [1.82, 2.24) is 15.0 Å². The molecule has 0 bridgehead atoms. The van der Waals surface area contributed by atoms with Gasteiger partial charge in [-0.2, -0.15) is 0 Å². The van der Waals surface area contributed by atoms with Crippen LogP contribution in [0.3, 0.4) is 0 Å². The number of aromatic nitrogens is 1. The molecule has 1 spiro atoms. The molecule has 1 atom stereocenters. The van der Waals surface area contributed by atoms with Gasteiger partial charge in [0, 0.05) is 43.6 Å². The quantitative estimate of drug-likeness (QED) is 0.821. The Labute approximate surface area is 153 Å². The van der Waals surface area contributed by atoms with E-state index in [0.717, 1.165) is 62.3 Å². The number of ether oxygens (including phenoxy) is 1. The molecule has 26 heavy (non-hydrogen) atoms. The molecule has 0 saturated carbocycles. The number of carbonyl (C=O) groups is 2. The summed E-state index contributed by atoms with van der Waals surface area (Å²) in [7, 11) is 0. The average Bonchev–Trinajstić information content (AvgIpc) is 3.33. The van der Waals surface area contributed by atoms with Crippen molar-refractivity contribution in [3.05, 3.63) is 17.0 Å². The summed E-state index contributed by atoms with van der Waals surface area (Å²) < 4.78 is 10.8. The summed E-state index contributed by atoms with van der Waals surface area (Å²) in [5.74, 6) is 1.12. The number of likely N-dealkylation sites (tertiary alicyclic amines) is 2. The Morgan fingerprint density at radius 1 is 1.31 bits per heavy atom. The number of rotatable bonds is 3. The highest BCUT2D eigenvalue weighted by Gasteiger charge is 2.46. The summed E-state index contributed by atoms with van der Waals surface area (Å²) in [6.07, 6.45) is 3.91. The molecule has 3 fully saturated rings. The van der Waals surface area contributed by atoms with E-state index in [9.17, 15) is 9.59 Å². The molecule has 2 amide bonds. The molecule has 3 saturated heterocycles. The molecule has 0 aliphatic carbocycles. The molecule has 7 nitrogen and oxygen atoms in total. The summed E-state index contributed by atoms with van der Waals surface area (Å²) in [5, 5.41) is 3.99. The zero-order valence-corrected chi connectivity index (χ0v) is 15.6. The van der Waals surface area contributed by atoms with Crippen LogP contribution in [0.5, 0.6) is 0 Å². The largest absolute Gasteiger partial charge is 0.368 e. The van der Waals surface area contributed by atoms with Gasteiger partial charge in [-0.25, -0.2) is 0 Å². The van der Waals surface area contributed by atoms with Crippen molar-refractivity contribution in [2.24, 2.45) is 5.41 Å². The molecular formula is C19H27N3O4. The van der Waals surface area contributed by atoms with Gasteiger partial charge in [-0.3, -0.25) is 9.59 Å². The van der Waals surface area contributed by atoms with E-state index in [1.807, 2.05) is 23.6 Å². The summed E-state index contributed by atoms with van der Waals surface area (Å²) in [4.78, 5) is 29.0. The lowest BCUT2D eigenvalue weighted by Crippen LogP contribution is -2.47. The lowest BCUT2D eigenvalue weighted by molar-refractivity contribution is -0.143. The van der Waals surface area contributed by atoms with Gasteiger partial charge < -0.3 is 19.1 Å². The van der Waals surface area contributed by atoms with E-state index in [0.29, 0.717) is 19.6 Å². The van der Waals surface area contributed by atoms with E-state index >= 15 is 0 Å². The van der Waals surface area contributed by atoms with Crippen LogP contribution in [0.1, 0.15) is 49.1 Å². The third-order valence-electron chi connectivity index (χ3n) is 6.28. The summed E-state index contributed by atoms with van der Waals surface area (Å²) in [6.45, 7) is 7.28. The van der Waals surface area contributed by atoms with Crippen molar-refractivity contribution in [2.45, 2.75) is 58.6 Å². The number of amides is 2. The average molecular weight is 361 g/mol. The molecule has 0 N–H and O–H groups in total. The van der Waals surface area contributed by atoms with Crippen LogP contribution in [0.25, 0.3) is 0 Å². The standard InChI is InChI=1S/C19H27N3O4/c1-13-15(14(2)26-20-13)11-22-12-19(10-17(22)23)5-7-21(8-6-19)18(24)16-4-3-9-25-16/h16H,3-12H2,1-2H3. The maximum Gasteiger partial charge on any atom is 0.251 e. The monoisotopic (exact) mass is 361 g/mol. The molecule has 142 valence electrons. The molecule has 4 heterocycles. The van der Waals surface area contributed by atoms with Crippen LogP contribution in [0.15, 0.2) is 4.52 Å². The SMILES string of the molecule is Cc1noc(C)c1CN1CC2(CCN(C(=O)C3CCCO3)CC2)CC1=O. The van der Waals surface area contributed by atoms with Crippen molar-refractivity contribution < 1.29 is 18.8 Å². The highest BCUT2D eigenvalue weighted by atomic mass is 16.5. The van der Waals surface area contributed by atoms with Gasteiger partial charge in [-0.15, -0.1) is 0 Å². The van der Waals surface area contributed by atoms with E-state index in [1.165, 1.54) is 0 Å². The first-order valence-electron chi connectivity index (χ1n) is 9.57. The number of hydrogen-bond donors (Lipinski definition) is 0. The highest BCUT2D eigenvalue weighted by molar-refractivity contribution is 5.82. The van der Waals surface area contributed by atoms with E-state index in [-0.39, 0.29) is 23.3 Å². The summed E-state index contributed by atoms with van der Waals surface area (Å²) in [5.41, 5.74) is 1.87. The van der Waals surface area contributed by atoms with Crippen LogP contribution in [-0.2, 0) is 20.9 Å². The minimum absolute atomic E-state index is 0.00334. The second-order valence-corrected chi connectivity index (χ2v) is 8.06. The Hall–Kier alpha value is -1.89. The van der Waals surface area contributed by atoms with Gasteiger partial charge >= 0.3 is 0 Å². The topological polar surface area (TPSA) is 75.9 Å². The van der Waals surface area contributed by atoms with E-state index in [4.69, 9.17) is 9.26 Å². The lowest BCUT2D eigenvalue weighted by atomic mass is 9.77. The van der Waals surface area contributed by atoms with Crippen LogP contribution in [0.2, 0.25) is 0 Å². The molecule has 3 aliphatic heterocycles. The van der Waals surface area contributed by atoms with E-state index in [2.05, 4.69) is 5.16 Å². The van der Waals surface area contributed by atoms with Crippen molar-refractivity contribution >= 4 is 11.8 Å². The van der Waals surface area contributed by atoms with Gasteiger partial charge in [0.05, 0.1) is 12.2 Å². The predicted molar refractivity (Wildman–Crippen MR) is 93.2 cm³/mol. The summed E-state index contributed by atoms with van der Waals surface area (Å²) in [6, 6.07) is 0.